The van der Waals surface area contributed by atoms with Gasteiger partial charge in [-0.2, -0.15) is 0 Å². The monoisotopic (exact) mass is 370 g/mol. The lowest BCUT2D eigenvalue weighted by Crippen LogP contribution is -2.09. The zero-order valence-corrected chi connectivity index (χ0v) is 13.2. The molecule has 0 aliphatic carbocycles. The molecule has 106 valence electrons. The number of hydrogen-bond donors (Lipinski definition) is 0. The number of ether oxygens (including phenoxy) is 2. The van der Waals surface area contributed by atoms with Crippen LogP contribution in [0.1, 0.15) is 16.8 Å². The summed E-state index contributed by atoms with van der Waals surface area (Å²) in [6.45, 7) is 0.668. The van der Waals surface area contributed by atoms with Gasteiger partial charge in [0.15, 0.2) is 0 Å². The van der Waals surface area contributed by atoms with E-state index in [9.17, 15) is 13.2 Å². The van der Waals surface area contributed by atoms with Crippen LogP contribution in [0.3, 0.4) is 0 Å². The van der Waals surface area contributed by atoms with Crippen molar-refractivity contribution < 1.29 is 22.7 Å². The molecule has 0 unspecified atom stereocenters. The minimum atomic E-state index is -3.88. The van der Waals surface area contributed by atoms with E-state index in [4.69, 9.17) is 20.2 Å². The van der Waals surface area contributed by atoms with Gasteiger partial charge in [-0.25, -0.2) is 13.2 Å². The first kappa shape index (κ1) is 16.4. The van der Waals surface area contributed by atoms with E-state index in [1.54, 1.807) is 7.11 Å². The van der Waals surface area contributed by atoms with Gasteiger partial charge in [0, 0.05) is 35.3 Å². The predicted molar refractivity (Wildman–Crippen MR) is 74.0 cm³/mol. The second-order valence-corrected chi connectivity index (χ2v) is 6.98. The summed E-state index contributed by atoms with van der Waals surface area (Å²) in [6.07, 6.45) is 0.563. The number of hydrogen-bond acceptors (Lipinski definition) is 5. The van der Waals surface area contributed by atoms with Crippen LogP contribution in [-0.4, -0.2) is 34.7 Å². The van der Waals surface area contributed by atoms with E-state index < -0.39 is 15.0 Å². The average Bonchev–Trinajstić information content (AvgIpc) is 2.33. The number of esters is 1. The zero-order valence-electron chi connectivity index (χ0n) is 10.1. The molecule has 8 heteroatoms. The Bertz CT molecular complexity index is 558. The molecule has 0 bridgehead atoms. The lowest BCUT2D eigenvalue weighted by Gasteiger charge is -2.07. The number of halogens is 2. The Labute approximate surface area is 124 Å². The van der Waals surface area contributed by atoms with E-state index in [0.29, 0.717) is 17.5 Å². The van der Waals surface area contributed by atoms with Crippen LogP contribution in [0.25, 0.3) is 0 Å². The summed E-state index contributed by atoms with van der Waals surface area (Å²) < 4.78 is 32.6. The van der Waals surface area contributed by atoms with E-state index >= 15 is 0 Å². The summed E-state index contributed by atoms with van der Waals surface area (Å²) in [5.74, 6) is -0.620. The van der Waals surface area contributed by atoms with Crippen LogP contribution in [-0.2, 0) is 18.5 Å². The number of methoxy groups -OCH3 is 1. The maximum atomic E-state index is 11.8. The van der Waals surface area contributed by atoms with Gasteiger partial charge in [0.2, 0.25) is 0 Å². The number of benzene rings is 1. The summed E-state index contributed by atoms with van der Waals surface area (Å²) in [5, 5.41) is 0. The lowest BCUT2D eigenvalue weighted by atomic mass is 10.2. The highest BCUT2D eigenvalue weighted by atomic mass is 79.9. The van der Waals surface area contributed by atoms with Crippen molar-refractivity contribution in [3.05, 3.63) is 28.2 Å². The lowest BCUT2D eigenvalue weighted by molar-refractivity contribution is 0.0467. The summed E-state index contributed by atoms with van der Waals surface area (Å²) >= 11 is 3.16. The molecule has 0 heterocycles. The van der Waals surface area contributed by atoms with E-state index in [0.717, 1.165) is 0 Å². The third kappa shape index (κ3) is 5.10. The Balaban J connectivity index is 2.84. The van der Waals surface area contributed by atoms with Crippen LogP contribution in [0.4, 0.5) is 0 Å². The van der Waals surface area contributed by atoms with E-state index in [2.05, 4.69) is 15.9 Å². The highest BCUT2D eigenvalue weighted by molar-refractivity contribution is 9.10. The van der Waals surface area contributed by atoms with Gasteiger partial charge in [0.1, 0.15) is 0 Å². The molecular formula is C11H12BrClO5S. The fraction of sp³-hybridized carbons (Fsp3) is 0.364. The highest BCUT2D eigenvalue weighted by Gasteiger charge is 2.17. The Morgan fingerprint density at radius 2 is 2.05 bits per heavy atom. The van der Waals surface area contributed by atoms with Crippen molar-refractivity contribution in [1.82, 2.24) is 0 Å². The SMILES string of the molecule is COCCCOC(=O)c1cc(S(=O)(=O)Cl)ccc1Br. The van der Waals surface area contributed by atoms with Crippen molar-refractivity contribution in [3.63, 3.8) is 0 Å². The molecule has 0 aromatic heterocycles. The third-order valence-electron chi connectivity index (χ3n) is 2.17. The molecule has 1 aromatic carbocycles. The van der Waals surface area contributed by atoms with Gasteiger partial charge in [0.25, 0.3) is 9.05 Å². The fourth-order valence-electron chi connectivity index (χ4n) is 1.26. The van der Waals surface area contributed by atoms with Crippen molar-refractivity contribution in [3.8, 4) is 0 Å². The fourth-order valence-corrected chi connectivity index (χ4v) is 2.44. The molecule has 1 rings (SSSR count). The molecule has 0 saturated heterocycles. The minimum Gasteiger partial charge on any atom is -0.462 e. The summed E-state index contributed by atoms with van der Waals surface area (Å²) in [4.78, 5) is 11.6. The summed E-state index contributed by atoms with van der Waals surface area (Å²) in [7, 11) is 2.89. The zero-order chi connectivity index (χ0) is 14.5. The average molecular weight is 372 g/mol. The first-order chi connectivity index (χ1) is 8.86. The Hall–Kier alpha value is -0.630. The largest absolute Gasteiger partial charge is 0.462 e. The summed E-state index contributed by atoms with van der Waals surface area (Å²) in [5.41, 5.74) is 0.110. The summed E-state index contributed by atoms with van der Waals surface area (Å²) in [6, 6.07) is 3.90. The number of carbonyl (C=O) groups excluding carboxylic acids is 1. The molecule has 0 atom stereocenters. The maximum Gasteiger partial charge on any atom is 0.339 e. The number of carbonyl (C=O) groups is 1. The Morgan fingerprint density at radius 1 is 1.37 bits per heavy atom. The van der Waals surface area contributed by atoms with Gasteiger partial charge in [0.05, 0.1) is 17.1 Å². The van der Waals surface area contributed by atoms with Crippen molar-refractivity contribution >= 4 is 41.6 Å². The highest BCUT2D eigenvalue weighted by Crippen LogP contribution is 2.23. The Kier molecular flexibility index (Phi) is 6.25. The first-order valence-electron chi connectivity index (χ1n) is 5.26. The van der Waals surface area contributed by atoms with Crippen LogP contribution >= 0.6 is 26.6 Å². The maximum absolute atomic E-state index is 11.8. The van der Waals surface area contributed by atoms with Gasteiger partial charge in [-0.05, 0) is 34.1 Å². The van der Waals surface area contributed by atoms with Crippen molar-refractivity contribution in [1.29, 1.82) is 0 Å². The quantitative estimate of drug-likeness (QED) is 0.437. The van der Waals surface area contributed by atoms with Crippen molar-refractivity contribution in [2.45, 2.75) is 11.3 Å². The molecule has 0 amide bonds. The molecule has 0 fully saturated rings. The van der Waals surface area contributed by atoms with Crippen LogP contribution in [0.5, 0.6) is 0 Å². The van der Waals surface area contributed by atoms with Gasteiger partial charge in [-0.1, -0.05) is 0 Å². The molecule has 0 radical (unpaired) electrons. The molecule has 0 N–H and O–H groups in total. The molecule has 0 aliphatic rings. The normalized spacial score (nSPS) is 11.3. The van der Waals surface area contributed by atoms with E-state index in [1.165, 1.54) is 18.2 Å². The van der Waals surface area contributed by atoms with Crippen molar-refractivity contribution in [2.75, 3.05) is 20.3 Å². The molecule has 5 nitrogen and oxygen atoms in total. The van der Waals surface area contributed by atoms with Gasteiger partial charge in [-0.3, -0.25) is 0 Å². The van der Waals surface area contributed by atoms with Crippen LogP contribution in [0, 0.1) is 0 Å². The molecule has 1 aromatic rings. The predicted octanol–water partition coefficient (Wildman–Crippen LogP) is 2.57. The number of rotatable bonds is 6. The molecular weight excluding hydrogens is 360 g/mol. The molecule has 19 heavy (non-hydrogen) atoms. The van der Waals surface area contributed by atoms with Crippen LogP contribution in [0.2, 0.25) is 0 Å². The van der Waals surface area contributed by atoms with E-state index in [-0.39, 0.29) is 17.1 Å². The Morgan fingerprint density at radius 3 is 2.63 bits per heavy atom. The van der Waals surface area contributed by atoms with Crippen LogP contribution in [0.15, 0.2) is 27.6 Å². The first-order valence-corrected chi connectivity index (χ1v) is 8.36. The molecule has 0 spiro atoms. The van der Waals surface area contributed by atoms with Crippen molar-refractivity contribution in [2.24, 2.45) is 0 Å². The third-order valence-corrected chi connectivity index (χ3v) is 4.21. The standard InChI is InChI=1S/C11H12BrClO5S/c1-17-5-2-6-18-11(14)9-7-8(19(13,15)16)3-4-10(9)12/h3-4,7H,2,5-6H2,1H3. The molecule has 0 aliphatic heterocycles. The topological polar surface area (TPSA) is 69.7 Å². The second kappa shape index (κ2) is 7.23. The van der Waals surface area contributed by atoms with Gasteiger partial charge >= 0.3 is 5.97 Å². The van der Waals surface area contributed by atoms with Crippen LogP contribution < -0.4 is 0 Å². The minimum absolute atomic E-state index is 0.110. The molecule has 0 saturated carbocycles. The van der Waals surface area contributed by atoms with Gasteiger partial charge in [-0.15, -0.1) is 0 Å². The smallest absolute Gasteiger partial charge is 0.339 e. The van der Waals surface area contributed by atoms with E-state index in [1.807, 2.05) is 0 Å². The second-order valence-electron chi connectivity index (χ2n) is 3.56. The van der Waals surface area contributed by atoms with Gasteiger partial charge < -0.3 is 9.47 Å².